The van der Waals surface area contributed by atoms with E-state index in [0.717, 1.165) is 32.5 Å². The van der Waals surface area contributed by atoms with Crippen molar-refractivity contribution >= 4 is 5.91 Å². The van der Waals surface area contributed by atoms with E-state index in [9.17, 15) is 4.79 Å². The van der Waals surface area contributed by atoms with E-state index < -0.39 is 0 Å². The topological polar surface area (TPSA) is 67.0 Å². The van der Waals surface area contributed by atoms with Gasteiger partial charge in [-0.3, -0.25) is 4.79 Å². The SMILES string of the molecule is COC1CCC2[NH2+]CC3C(=O)NCCNC3C2C1. The van der Waals surface area contributed by atoms with Crippen molar-refractivity contribution in [3.05, 3.63) is 0 Å². The molecular formula is C13H24N3O2+. The molecule has 5 nitrogen and oxygen atoms in total. The van der Waals surface area contributed by atoms with Crippen LogP contribution in [0.2, 0.25) is 0 Å². The molecule has 5 atom stereocenters. The van der Waals surface area contributed by atoms with E-state index in [1.807, 2.05) is 7.11 Å². The van der Waals surface area contributed by atoms with Crippen LogP contribution in [0.25, 0.3) is 0 Å². The summed E-state index contributed by atoms with van der Waals surface area (Å²) in [5.74, 6) is 0.940. The van der Waals surface area contributed by atoms with Gasteiger partial charge in [-0.15, -0.1) is 0 Å². The molecule has 0 spiro atoms. The molecule has 1 saturated carbocycles. The number of piperidine rings is 1. The van der Waals surface area contributed by atoms with Crippen LogP contribution in [0.5, 0.6) is 0 Å². The lowest BCUT2D eigenvalue weighted by molar-refractivity contribution is -0.712. The first-order valence-corrected chi connectivity index (χ1v) is 7.17. The predicted octanol–water partition coefficient (Wildman–Crippen LogP) is -1.55. The van der Waals surface area contributed by atoms with Crippen molar-refractivity contribution in [3.63, 3.8) is 0 Å². The van der Waals surface area contributed by atoms with Crippen molar-refractivity contribution in [2.75, 3.05) is 26.7 Å². The van der Waals surface area contributed by atoms with Gasteiger partial charge in [0.05, 0.1) is 18.7 Å². The predicted molar refractivity (Wildman–Crippen MR) is 67.0 cm³/mol. The molecule has 4 N–H and O–H groups in total. The molecule has 3 rings (SSSR count). The zero-order chi connectivity index (χ0) is 12.5. The van der Waals surface area contributed by atoms with Crippen LogP contribution in [0.15, 0.2) is 0 Å². The Balaban J connectivity index is 1.78. The van der Waals surface area contributed by atoms with Crippen molar-refractivity contribution in [1.29, 1.82) is 0 Å². The fraction of sp³-hybridized carbons (Fsp3) is 0.923. The van der Waals surface area contributed by atoms with Crippen molar-refractivity contribution < 1.29 is 14.8 Å². The van der Waals surface area contributed by atoms with Gasteiger partial charge in [0, 0.05) is 38.6 Å². The van der Waals surface area contributed by atoms with Crippen molar-refractivity contribution in [1.82, 2.24) is 10.6 Å². The molecule has 102 valence electrons. The van der Waals surface area contributed by atoms with Gasteiger partial charge in [0.25, 0.3) is 0 Å². The van der Waals surface area contributed by atoms with Gasteiger partial charge in [-0.25, -0.2) is 0 Å². The number of hydrogen-bond acceptors (Lipinski definition) is 3. The van der Waals surface area contributed by atoms with E-state index in [-0.39, 0.29) is 11.8 Å². The molecule has 5 heteroatoms. The van der Waals surface area contributed by atoms with E-state index in [1.165, 1.54) is 6.42 Å². The van der Waals surface area contributed by atoms with Crippen LogP contribution in [-0.2, 0) is 9.53 Å². The second-order valence-electron chi connectivity index (χ2n) is 5.85. The first-order chi connectivity index (χ1) is 8.79. The second-order valence-corrected chi connectivity index (χ2v) is 5.85. The van der Waals surface area contributed by atoms with Crippen molar-refractivity contribution in [3.8, 4) is 0 Å². The van der Waals surface area contributed by atoms with E-state index in [1.54, 1.807) is 0 Å². The molecule has 2 saturated heterocycles. The lowest BCUT2D eigenvalue weighted by atomic mass is 9.71. The first-order valence-electron chi connectivity index (χ1n) is 7.17. The quantitative estimate of drug-likeness (QED) is 0.531. The minimum Gasteiger partial charge on any atom is -0.381 e. The fourth-order valence-corrected chi connectivity index (χ4v) is 3.99. The Morgan fingerprint density at radius 3 is 3.06 bits per heavy atom. The maximum atomic E-state index is 12.1. The van der Waals surface area contributed by atoms with Crippen LogP contribution in [0, 0.1) is 11.8 Å². The Morgan fingerprint density at radius 2 is 2.22 bits per heavy atom. The molecule has 5 unspecified atom stereocenters. The maximum absolute atomic E-state index is 12.1. The number of methoxy groups -OCH3 is 1. The number of nitrogens with two attached hydrogens (primary N) is 1. The smallest absolute Gasteiger partial charge is 0.230 e. The van der Waals surface area contributed by atoms with E-state index in [0.29, 0.717) is 24.1 Å². The molecule has 3 fully saturated rings. The van der Waals surface area contributed by atoms with Gasteiger partial charge in [-0.2, -0.15) is 0 Å². The molecule has 0 aromatic heterocycles. The van der Waals surface area contributed by atoms with E-state index >= 15 is 0 Å². The van der Waals surface area contributed by atoms with Gasteiger partial charge in [0.15, 0.2) is 0 Å². The summed E-state index contributed by atoms with van der Waals surface area (Å²) in [6.45, 7) is 2.59. The monoisotopic (exact) mass is 254 g/mol. The van der Waals surface area contributed by atoms with Gasteiger partial charge < -0.3 is 20.7 Å². The minimum absolute atomic E-state index is 0.129. The molecular weight excluding hydrogens is 230 g/mol. The molecule has 2 heterocycles. The third-order valence-electron chi connectivity index (χ3n) is 4.97. The average molecular weight is 254 g/mol. The Morgan fingerprint density at radius 1 is 1.33 bits per heavy atom. The number of hydrogen-bond donors (Lipinski definition) is 3. The zero-order valence-electron chi connectivity index (χ0n) is 11.0. The summed E-state index contributed by atoms with van der Waals surface area (Å²) >= 11 is 0. The summed E-state index contributed by atoms with van der Waals surface area (Å²) in [6, 6.07) is 1.02. The van der Waals surface area contributed by atoms with E-state index in [4.69, 9.17) is 4.74 Å². The minimum atomic E-state index is 0.129. The fourth-order valence-electron chi connectivity index (χ4n) is 3.99. The number of ether oxygens (including phenoxy) is 1. The van der Waals surface area contributed by atoms with Crippen LogP contribution in [-0.4, -0.2) is 50.8 Å². The highest BCUT2D eigenvalue weighted by molar-refractivity contribution is 5.80. The summed E-state index contributed by atoms with van der Waals surface area (Å²) in [7, 11) is 1.81. The molecule has 0 aromatic carbocycles. The largest absolute Gasteiger partial charge is 0.381 e. The standard InChI is InChI=1S/C13H23N3O2/c1-18-8-2-3-11-9(6-8)12-10(7-16-11)13(17)15-5-4-14-12/h8-12,14,16H,2-7H2,1H3,(H,15,17)/p+1. The highest BCUT2D eigenvalue weighted by Crippen LogP contribution is 2.32. The average Bonchev–Trinajstić information content (AvgIpc) is 2.60. The highest BCUT2D eigenvalue weighted by atomic mass is 16.5. The summed E-state index contributed by atoms with van der Waals surface area (Å²) in [5, 5.41) is 9.00. The molecule has 0 bridgehead atoms. The number of rotatable bonds is 1. The summed E-state index contributed by atoms with van der Waals surface area (Å²) in [5.41, 5.74) is 0. The highest BCUT2D eigenvalue weighted by Gasteiger charge is 2.48. The summed E-state index contributed by atoms with van der Waals surface area (Å²) < 4.78 is 5.54. The molecule has 2 aliphatic heterocycles. The number of nitrogens with one attached hydrogen (secondary N) is 2. The molecule has 0 radical (unpaired) electrons. The summed E-state index contributed by atoms with van der Waals surface area (Å²) in [4.78, 5) is 12.1. The maximum Gasteiger partial charge on any atom is 0.230 e. The Kier molecular flexibility index (Phi) is 3.54. The van der Waals surface area contributed by atoms with Crippen LogP contribution < -0.4 is 16.0 Å². The van der Waals surface area contributed by atoms with Gasteiger partial charge in [-0.1, -0.05) is 0 Å². The van der Waals surface area contributed by atoms with Gasteiger partial charge >= 0.3 is 0 Å². The first kappa shape index (κ1) is 12.4. The zero-order valence-corrected chi connectivity index (χ0v) is 11.0. The lowest BCUT2D eigenvalue weighted by Crippen LogP contribution is -2.97. The van der Waals surface area contributed by atoms with Crippen LogP contribution in [0.4, 0.5) is 0 Å². The second kappa shape index (κ2) is 5.15. The van der Waals surface area contributed by atoms with Gasteiger partial charge in [-0.05, 0) is 12.8 Å². The molecule has 1 aliphatic carbocycles. The molecule has 3 aliphatic rings. The van der Waals surface area contributed by atoms with Crippen LogP contribution in [0.3, 0.4) is 0 Å². The van der Waals surface area contributed by atoms with Crippen molar-refractivity contribution in [2.45, 2.75) is 37.5 Å². The number of amides is 1. The third kappa shape index (κ3) is 2.15. The van der Waals surface area contributed by atoms with Crippen LogP contribution in [0.1, 0.15) is 19.3 Å². The number of carbonyl (C=O) groups excluding carboxylic acids is 1. The molecule has 1 amide bonds. The Hall–Kier alpha value is -0.650. The van der Waals surface area contributed by atoms with Gasteiger partial charge in [0.1, 0.15) is 5.92 Å². The number of quaternary nitrogens is 1. The third-order valence-corrected chi connectivity index (χ3v) is 4.97. The molecule has 18 heavy (non-hydrogen) atoms. The van der Waals surface area contributed by atoms with Gasteiger partial charge in [0.2, 0.25) is 5.91 Å². The van der Waals surface area contributed by atoms with E-state index in [2.05, 4.69) is 16.0 Å². The normalized spacial score (nSPS) is 44.5. The Labute approximate surface area is 108 Å². The van der Waals surface area contributed by atoms with Crippen LogP contribution >= 0.6 is 0 Å². The lowest BCUT2D eigenvalue weighted by Gasteiger charge is -2.44. The van der Waals surface area contributed by atoms with Crippen molar-refractivity contribution in [2.24, 2.45) is 11.8 Å². The number of carbonyl (C=O) groups is 1. The Bertz CT molecular complexity index is 323. The summed E-state index contributed by atoms with van der Waals surface area (Å²) in [6.07, 6.45) is 3.86. The molecule has 0 aromatic rings. The number of fused-ring (bicyclic) bond motifs is 3.